The van der Waals surface area contributed by atoms with Gasteiger partial charge >= 0.3 is 5.90 Å². The lowest BCUT2D eigenvalue weighted by Crippen LogP contribution is -2.66. The number of aliphatic hydroxyl groups is 1. The minimum absolute atomic E-state index is 0.195. The first-order valence-corrected chi connectivity index (χ1v) is 11.5. The van der Waals surface area contributed by atoms with Crippen molar-refractivity contribution in [3.63, 3.8) is 0 Å². The molecular formula is C24H25N2OS2+. The van der Waals surface area contributed by atoms with Gasteiger partial charge in [-0.2, -0.15) is 4.99 Å². The van der Waals surface area contributed by atoms with Gasteiger partial charge in [0.2, 0.25) is 5.69 Å². The van der Waals surface area contributed by atoms with Crippen molar-refractivity contribution in [2.24, 2.45) is 0 Å². The van der Waals surface area contributed by atoms with Gasteiger partial charge in [0.25, 0.3) is 0 Å². The first kappa shape index (κ1) is 19.9. The van der Waals surface area contributed by atoms with Crippen molar-refractivity contribution in [2.45, 2.75) is 29.6 Å². The van der Waals surface area contributed by atoms with Crippen molar-refractivity contribution in [3.8, 4) is 0 Å². The van der Waals surface area contributed by atoms with E-state index in [2.05, 4.69) is 71.8 Å². The fraction of sp³-hybridized carbons (Fsp3) is 0.208. The van der Waals surface area contributed by atoms with Crippen LogP contribution < -0.4 is 9.30 Å². The zero-order valence-electron chi connectivity index (χ0n) is 16.7. The van der Waals surface area contributed by atoms with Crippen molar-refractivity contribution in [1.82, 2.24) is 0 Å². The molecule has 0 aromatic heterocycles. The fourth-order valence-corrected chi connectivity index (χ4v) is 5.16. The zero-order valence-corrected chi connectivity index (χ0v) is 18.3. The van der Waals surface area contributed by atoms with E-state index in [1.807, 2.05) is 30.0 Å². The minimum atomic E-state index is 0.195. The molecule has 0 aliphatic carbocycles. The Morgan fingerprint density at radius 1 is 1.07 bits per heavy atom. The van der Waals surface area contributed by atoms with E-state index in [0.717, 1.165) is 22.6 Å². The second-order valence-corrected chi connectivity index (χ2v) is 9.54. The monoisotopic (exact) mass is 421 g/mol. The molecule has 0 radical (unpaired) electrons. The van der Waals surface area contributed by atoms with Crippen LogP contribution >= 0.6 is 23.7 Å². The summed E-state index contributed by atoms with van der Waals surface area (Å²) in [5.41, 5.74) is 5.47. The molecule has 4 rings (SSSR count). The third-order valence-electron chi connectivity index (χ3n) is 4.91. The maximum Gasteiger partial charge on any atom is 0.371 e. The van der Waals surface area contributed by atoms with E-state index in [4.69, 9.17) is 0 Å². The van der Waals surface area contributed by atoms with Gasteiger partial charge in [0.05, 0.1) is 5.56 Å². The molecule has 5 heteroatoms. The number of hydrogen-bond acceptors (Lipinski definition) is 3. The summed E-state index contributed by atoms with van der Waals surface area (Å²) in [6.07, 6.45) is 2.29. The molecule has 3 aromatic rings. The molecule has 3 nitrogen and oxygen atoms in total. The molecule has 2 N–H and O–H groups in total. The van der Waals surface area contributed by atoms with E-state index in [-0.39, 0.29) is 5.90 Å². The summed E-state index contributed by atoms with van der Waals surface area (Å²) in [4.78, 5) is 5.61. The predicted molar refractivity (Wildman–Crippen MR) is 125 cm³/mol. The standard InChI is InChI=1S/C24H24N2OS2/c1-17-5-3-7-21(15-17)26(2)29-22-11-9-20(10-12-22)25-24(27)19-8-13-23-18(16-19)6-4-14-28-23/h3,5,7-13,15-16H,4,6,14H2,1-2H3,(H,25,27)/p+1. The second kappa shape index (κ2) is 8.97. The molecule has 0 fully saturated rings. The lowest BCUT2D eigenvalue weighted by molar-refractivity contribution is -0.364. The van der Waals surface area contributed by atoms with Gasteiger partial charge < -0.3 is 9.41 Å². The van der Waals surface area contributed by atoms with E-state index in [9.17, 15) is 5.11 Å². The quantitative estimate of drug-likeness (QED) is 0.349. The molecule has 0 spiro atoms. The molecule has 1 heterocycles. The molecule has 0 bridgehead atoms. The van der Waals surface area contributed by atoms with Gasteiger partial charge in [-0.25, -0.2) is 0 Å². The zero-order chi connectivity index (χ0) is 20.2. The van der Waals surface area contributed by atoms with Gasteiger partial charge in [0, 0.05) is 34.7 Å². The summed E-state index contributed by atoms with van der Waals surface area (Å²) < 4.78 is 2.16. The summed E-state index contributed by atoms with van der Waals surface area (Å²) in [6, 6.07) is 22.8. The van der Waals surface area contributed by atoms with Crippen molar-refractivity contribution < 1.29 is 10.1 Å². The van der Waals surface area contributed by atoms with Crippen LogP contribution in [0.2, 0.25) is 0 Å². The average molecular weight is 422 g/mol. The highest BCUT2D eigenvalue weighted by atomic mass is 32.2. The lowest BCUT2D eigenvalue weighted by Gasteiger charge is -2.18. The third kappa shape index (κ3) is 4.98. The van der Waals surface area contributed by atoms with Gasteiger partial charge in [0.1, 0.15) is 0 Å². The van der Waals surface area contributed by atoms with Crippen LogP contribution in [-0.2, 0) is 6.42 Å². The van der Waals surface area contributed by atoms with E-state index in [0.29, 0.717) is 0 Å². The summed E-state index contributed by atoms with van der Waals surface area (Å²) in [5.74, 6) is 1.38. The van der Waals surface area contributed by atoms with Gasteiger partial charge in [0.15, 0.2) is 0 Å². The Kier molecular flexibility index (Phi) is 6.16. The van der Waals surface area contributed by atoms with Crippen molar-refractivity contribution in [1.29, 1.82) is 0 Å². The predicted octanol–water partition coefficient (Wildman–Crippen LogP) is 4.89. The number of nitrogens with zero attached hydrogens (tertiary/aromatic N) is 1. The number of anilines is 1. The molecule has 0 atom stereocenters. The molecule has 0 unspecified atom stereocenters. The van der Waals surface area contributed by atoms with E-state index >= 15 is 0 Å². The molecule has 0 saturated carbocycles. The Balaban J connectivity index is 1.46. The van der Waals surface area contributed by atoms with Gasteiger partial charge in [-0.05, 0) is 91.1 Å². The molecule has 148 valence electrons. The van der Waals surface area contributed by atoms with Gasteiger partial charge in [-0.15, -0.1) is 11.8 Å². The number of aliphatic hydroxyl groups excluding tert-OH is 1. The molecule has 3 aromatic carbocycles. The van der Waals surface area contributed by atoms with Crippen LogP contribution in [0.25, 0.3) is 0 Å². The van der Waals surface area contributed by atoms with Crippen LogP contribution in [0, 0.1) is 6.92 Å². The summed E-state index contributed by atoms with van der Waals surface area (Å²) in [7, 11) is 2.07. The maximum atomic E-state index is 10.6. The molecule has 1 aliphatic rings. The SMILES string of the molecule is Cc1cccc(N(C)Sc2ccc([NH+]=C(O)c3ccc4c(c3)CCCS4)cc2)c1. The van der Waals surface area contributed by atoms with Crippen LogP contribution in [-0.4, -0.2) is 23.8 Å². The Labute approximate surface area is 181 Å². The molecule has 1 aliphatic heterocycles. The maximum absolute atomic E-state index is 10.6. The lowest BCUT2D eigenvalue weighted by atomic mass is 10.1. The second-order valence-electron chi connectivity index (χ2n) is 7.20. The number of hydrogen-bond donors (Lipinski definition) is 2. The summed E-state index contributed by atoms with van der Waals surface area (Å²) in [5, 5.41) is 10.6. The third-order valence-corrected chi connectivity index (χ3v) is 7.08. The number of benzene rings is 3. The molecule has 0 saturated heterocycles. The first-order valence-electron chi connectivity index (χ1n) is 9.76. The molecule has 0 amide bonds. The number of thioether (sulfide) groups is 1. The largest absolute Gasteiger partial charge is 0.459 e. The van der Waals surface area contributed by atoms with Crippen LogP contribution in [0.3, 0.4) is 0 Å². The summed E-state index contributed by atoms with van der Waals surface area (Å²) in [6.45, 7) is 2.10. The van der Waals surface area contributed by atoms with E-state index < -0.39 is 0 Å². The van der Waals surface area contributed by atoms with Crippen LogP contribution in [0.15, 0.2) is 76.5 Å². The average Bonchev–Trinajstić information content (AvgIpc) is 2.74. The highest BCUT2D eigenvalue weighted by Crippen LogP contribution is 2.30. The Morgan fingerprint density at radius 3 is 2.69 bits per heavy atom. The van der Waals surface area contributed by atoms with Crippen LogP contribution in [0.1, 0.15) is 23.1 Å². The van der Waals surface area contributed by atoms with Crippen LogP contribution in [0.5, 0.6) is 0 Å². The number of nitrogens with one attached hydrogen (secondary N) is 1. The number of rotatable bonds is 5. The van der Waals surface area contributed by atoms with Crippen molar-refractivity contribution in [2.75, 3.05) is 17.1 Å². The minimum Gasteiger partial charge on any atom is -0.459 e. The van der Waals surface area contributed by atoms with Crippen molar-refractivity contribution >= 4 is 41.0 Å². The van der Waals surface area contributed by atoms with E-state index in [1.54, 1.807) is 11.9 Å². The van der Waals surface area contributed by atoms with Gasteiger partial charge in [-0.1, -0.05) is 12.1 Å². The highest BCUT2D eigenvalue weighted by molar-refractivity contribution is 8.00. The Bertz CT molecular complexity index is 1030. The molecular weight excluding hydrogens is 396 g/mol. The highest BCUT2D eigenvalue weighted by Gasteiger charge is 2.15. The fourth-order valence-electron chi connectivity index (χ4n) is 3.35. The Morgan fingerprint density at radius 2 is 1.90 bits per heavy atom. The van der Waals surface area contributed by atoms with Crippen LogP contribution in [0.4, 0.5) is 11.4 Å². The number of aryl methyl sites for hydroxylation is 2. The number of fused-ring (bicyclic) bond motifs is 1. The van der Waals surface area contributed by atoms with Crippen molar-refractivity contribution in [3.05, 3.63) is 83.4 Å². The Hall–Kier alpha value is -2.37. The normalized spacial score (nSPS) is 13.8. The topological polar surface area (TPSA) is 37.4 Å². The first-order chi connectivity index (χ1) is 14.1. The van der Waals surface area contributed by atoms with E-state index in [1.165, 1.54) is 33.9 Å². The smallest absolute Gasteiger partial charge is 0.371 e. The molecule has 29 heavy (non-hydrogen) atoms. The van der Waals surface area contributed by atoms with Gasteiger partial charge in [-0.3, -0.25) is 0 Å². The summed E-state index contributed by atoms with van der Waals surface area (Å²) >= 11 is 3.58.